The molecule has 0 bridgehead atoms. The Hall–Kier alpha value is -2.76. The quantitative estimate of drug-likeness (QED) is 0.519. The third-order valence-electron chi connectivity index (χ3n) is 2.71. The summed E-state index contributed by atoms with van der Waals surface area (Å²) in [6.45, 7) is 1.92. The molecule has 6 heteroatoms. The average molecular weight is 255 g/mol. The normalized spacial score (nSPS) is 10.8. The van der Waals surface area contributed by atoms with Crippen molar-refractivity contribution in [3.8, 4) is 11.5 Å². The number of hydrogen-bond acceptors (Lipinski definition) is 5. The second-order valence-electron chi connectivity index (χ2n) is 4.16. The molecule has 0 saturated carbocycles. The molecule has 0 radical (unpaired) electrons. The number of non-ortho nitro benzene ring substituents is 1. The van der Waals surface area contributed by atoms with Crippen LogP contribution in [-0.4, -0.2) is 14.9 Å². The summed E-state index contributed by atoms with van der Waals surface area (Å²) in [6, 6.07) is 7.93. The first-order chi connectivity index (χ1) is 9.13. The Kier molecular flexibility index (Phi) is 2.49. The summed E-state index contributed by atoms with van der Waals surface area (Å²) >= 11 is 0. The van der Waals surface area contributed by atoms with E-state index >= 15 is 0 Å². The fourth-order valence-electron chi connectivity index (χ4n) is 1.77. The summed E-state index contributed by atoms with van der Waals surface area (Å²) in [6.07, 6.45) is 1.70. The molecule has 0 fully saturated rings. The molecule has 19 heavy (non-hydrogen) atoms. The molecule has 0 unspecified atom stereocenters. The Bertz CT molecular complexity index is 762. The molecular formula is C13H9N3O3. The summed E-state index contributed by atoms with van der Waals surface area (Å²) in [5, 5.41) is 10.6. The van der Waals surface area contributed by atoms with Crippen LogP contribution in [-0.2, 0) is 0 Å². The Morgan fingerprint density at radius 2 is 2.00 bits per heavy atom. The first-order valence-corrected chi connectivity index (χ1v) is 5.61. The van der Waals surface area contributed by atoms with Crippen molar-refractivity contribution in [2.45, 2.75) is 6.92 Å². The number of aryl methyl sites for hydroxylation is 1. The summed E-state index contributed by atoms with van der Waals surface area (Å²) < 4.78 is 5.52. The predicted octanol–water partition coefficient (Wildman–Crippen LogP) is 3.11. The molecule has 0 N–H and O–H groups in total. The van der Waals surface area contributed by atoms with E-state index in [4.69, 9.17) is 4.42 Å². The molecule has 0 saturated heterocycles. The molecule has 6 nitrogen and oxygen atoms in total. The molecule has 2 aromatic heterocycles. The maximum Gasteiger partial charge on any atom is 0.269 e. The van der Waals surface area contributed by atoms with Crippen LogP contribution >= 0.6 is 0 Å². The summed E-state index contributed by atoms with van der Waals surface area (Å²) in [5.41, 5.74) is 2.85. The van der Waals surface area contributed by atoms with Gasteiger partial charge >= 0.3 is 0 Å². The molecule has 0 aliphatic carbocycles. The van der Waals surface area contributed by atoms with E-state index in [-0.39, 0.29) is 5.69 Å². The predicted molar refractivity (Wildman–Crippen MR) is 68.6 cm³/mol. The van der Waals surface area contributed by atoms with Crippen molar-refractivity contribution >= 4 is 16.9 Å². The number of fused-ring (bicyclic) bond motifs is 1. The number of benzene rings is 1. The van der Waals surface area contributed by atoms with E-state index in [0.29, 0.717) is 22.7 Å². The van der Waals surface area contributed by atoms with Crippen LogP contribution in [0.25, 0.3) is 22.7 Å². The van der Waals surface area contributed by atoms with Crippen molar-refractivity contribution in [1.29, 1.82) is 0 Å². The van der Waals surface area contributed by atoms with E-state index in [1.54, 1.807) is 18.3 Å². The van der Waals surface area contributed by atoms with E-state index in [9.17, 15) is 10.1 Å². The van der Waals surface area contributed by atoms with Crippen LogP contribution in [0, 0.1) is 17.0 Å². The lowest BCUT2D eigenvalue weighted by molar-refractivity contribution is -0.384. The Morgan fingerprint density at radius 1 is 1.26 bits per heavy atom. The average Bonchev–Trinajstić information content (AvgIpc) is 2.81. The van der Waals surface area contributed by atoms with Gasteiger partial charge in [0.15, 0.2) is 0 Å². The molecule has 0 amide bonds. The topological polar surface area (TPSA) is 82.1 Å². The number of hydrogen-bond donors (Lipinski definition) is 0. The van der Waals surface area contributed by atoms with Crippen LogP contribution in [0.3, 0.4) is 0 Å². The number of aromatic nitrogens is 2. The molecule has 1 aromatic carbocycles. The lowest BCUT2D eigenvalue weighted by atomic mass is 10.2. The van der Waals surface area contributed by atoms with Gasteiger partial charge in [0.25, 0.3) is 5.69 Å². The molecule has 0 spiro atoms. The van der Waals surface area contributed by atoms with Gasteiger partial charge < -0.3 is 4.42 Å². The lowest BCUT2D eigenvalue weighted by Gasteiger charge is -1.94. The molecule has 0 atom stereocenters. The second kappa shape index (κ2) is 4.16. The van der Waals surface area contributed by atoms with Crippen molar-refractivity contribution in [2.75, 3.05) is 0 Å². The second-order valence-corrected chi connectivity index (χ2v) is 4.16. The number of oxazole rings is 1. The van der Waals surface area contributed by atoms with Crippen molar-refractivity contribution in [2.24, 2.45) is 0 Å². The number of pyridine rings is 1. The molecule has 0 aliphatic rings. The van der Waals surface area contributed by atoms with Gasteiger partial charge in [0, 0.05) is 23.9 Å². The van der Waals surface area contributed by atoms with E-state index in [2.05, 4.69) is 9.97 Å². The minimum absolute atomic E-state index is 0.0360. The maximum absolute atomic E-state index is 10.6. The number of nitro benzene ring substituents is 1. The molecule has 94 valence electrons. The van der Waals surface area contributed by atoms with Gasteiger partial charge in [-0.15, -0.1) is 0 Å². The van der Waals surface area contributed by atoms with Gasteiger partial charge in [-0.2, -0.15) is 0 Å². The van der Waals surface area contributed by atoms with Crippen molar-refractivity contribution < 1.29 is 9.34 Å². The van der Waals surface area contributed by atoms with Gasteiger partial charge in [0.2, 0.25) is 11.6 Å². The molecule has 3 rings (SSSR count). The minimum atomic E-state index is -0.444. The minimum Gasteiger partial charge on any atom is -0.418 e. The van der Waals surface area contributed by atoms with Crippen LogP contribution in [0.5, 0.6) is 0 Å². The lowest BCUT2D eigenvalue weighted by Crippen LogP contribution is -1.87. The SMILES string of the molecule is Cc1cnc2oc(-c3ccc([N+](=O)[O-])cc3)nc2c1. The third-order valence-corrected chi connectivity index (χ3v) is 2.71. The molecule has 2 heterocycles. The number of nitro groups is 1. The van der Waals surface area contributed by atoms with Crippen molar-refractivity contribution in [3.63, 3.8) is 0 Å². The van der Waals surface area contributed by atoms with Crippen LogP contribution in [0.15, 0.2) is 40.9 Å². The van der Waals surface area contributed by atoms with Gasteiger partial charge in [-0.05, 0) is 30.7 Å². The monoisotopic (exact) mass is 255 g/mol. The fourth-order valence-corrected chi connectivity index (χ4v) is 1.77. The van der Waals surface area contributed by atoms with Crippen molar-refractivity contribution in [1.82, 2.24) is 9.97 Å². The highest BCUT2D eigenvalue weighted by molar-refractivity contribution is 5.73. The van der Waals surface area contributed by atoms with Crippen LogP contribution in [0.1, 0.15) is 5.56 Å². The van der Waals surface area contributed by atoms with E-state index < -0.39 is 4.92 Å². The number of rotatable bonds is 2. The molecule has 3 aromatic rings. The Morgan fingerprint density at radius 3 is 2.68 bits per heavy atom. The summed E-state index contributed by atoms with van der Waals surface area (Å²) in [7, 11) is 0. The zero-order valence-electron chi connectivity index (χ0n) is 10.0. The Labute approximate surface area is 107 Å². The van der Waals surface area contributed by atoms with E-state index in [1.165, 1.54) is 12.1 Å². The highest BCUT2D eigenvalue weighted by atomic mass is 16.6. The maximum atomic E-state index is 10.6. The Balaban J connectivity index is 2.06. The standard InChI is InChI=1S/C13H9N3O3/c1-8-6-11-13(14-7-8)19-12(15-11)9-2-4-10(5-3-9)16(17)18/h2-7H,1H3. The first kappa shape index (κ1) is 11.3. The zero-order valence-corrected chi connectivity index (χ0v) is 10.0. The first-order valence-electron chi connectivity index (χ1n) is 5.61. The van der Waals surface area contributed by atoms with Crippen LogP contribution in [0.4, 0.5) is 5.69 Å². The van der Waals surface area contributed by atoms with Crippen molar-refractivity contribution in [3.05, 3.63) is 52.2 Å². The van der Waals surface area contributed by atoms with E-state index in [0.717, 1.165) is 5.56 Å². The van der Waals surface area contributed by atoms with Crippen LogP contribution < -0.4 is 0 Å². The van der Waals surface area contributed by atoms with Gasteiger partial charge in [0.05, 0.1) is 4.92 Å². The van der Waals surface area contributed by atoms with E-state index in [1.807, 2.05) is 13.0 Å². The fraction of sp³-hybridized carbons (Fsp3) is 0.0769. The van der Waals surface area contributed by atoms with Gasteiger partial charge in [-0.1, -0.05) is 0 Å². The summed E-state index contributed by atoms with van der Waals surface area (Å²) in [5.74, 6) is 0.406. The van der Waals surface area contributed by atoms with Gasteiger partial charge in [0.1, 0.15) is 5.52 Å². The third kappa shape index (κ3) is 2.03. The largest absolute Gasteiger partial charge is 0.418 e. The van der Waals surface area contributed by atoms with Crippen LogP contribution in [0.2, 0.25) is 0 Å². The van der Waals surface area contributed by atoms with Gasteiger partial charge in [-0.3, -0.25) is 10.1 Å². The number of nitrogens with zero attached hydrogens (tertiary/aromatic N) is 3. The smallest absolute Gasteiger partial charge is 0.269 e. The highest BCUT2D eigenvalue weighted by Gasteiger charge is 2.11. The van der Waals surface area contributed by atoms with Gasteiger partial charge in [-0.25, -0.2) is 9.97 Å². The molecule has 0 aliphatic heterocycles. The zero-order chi connectivity index (χ0) is 13.4. The summed E-state index contributed by atoms with van der Waals surface area (Å²) in [4.78, 5) is 18.6. The molecular weight excluding hydrogens is 246 g/mol. The highest BCUT2D eigenvalue weighted by Crippen LogP contribution is 2.25.